The summed E-state index contributed by atoms with van der Waals surface area (Å²) in [7, 11) is 0. The molecule has 2 nitrogen and oxygen atoms in total. The van der Waals surface area contributed by atoms with Crippen LogP contribution in [-0.2, 0) is 13.0 Å². The summed E-state index contributed by atoms with van der Waals surface area (Å²) in [4.78, 5) is 3.31. The number of aryl methyl sites for hydroxylation is 2. The van der Waals surface area contributed by atoms with Gasteiger partial charge in [-0.15, -0.1) is 0 Å². The van der Waals surface area contributed by atoms with Crippen molar-refractivity contribution in [1.82, 2.24) is 4.98 Å². The van der Waals surface area contributed by atoms with Gasteiger partial charge in [-0.3, -0.25) is 0 Å². The maximum absolute atomic E-state index is 3.31. The van der Waals surface area contributed by atoms with Crippen LogP contribution in [0, 0.1) is 0 Å². The number of hydrogen-bond donors (Lipinski definition) is 1. The van der Waals surface area contributed by atoms with Crippen LogP contribution in [0.2, 0.25) is 0 Å². The fraction of sp³-hybridized carbons (Fsp3) is 0.364. The quantitative estimate of drug-likeness (QED) is 0.586. The third-order valence-corrected chi connectivity index (χ3v) is 2.88. The zero-order valence-electron chi connectivity index (χ0n) is 7.59. The van der Waals surface area contributed by atoms with Crippen molar-refractivity contribution in [3.8, 4) is 0 Å². The first-order chi connectivity index (χ1) is 6.45. The molecular formula is C11H13N2+. The molecule has 0 unspecified atom stereocenters. The molecule has 1 aliphatic heterocycles. The lowest BCUT2D eigenvalue weighted by Gasteiger charge is -1.95. The van der Waals surface area contributed by atoms with Crippen LogP contribution in [0.3, 0.4) is 0 Å². The van der Waals surface area contributed by atoms with E-state index in [4.69, 9.17) is 0 Å². The van der Waals surface area contributed by atoms with Crippen molar-refractivity contribution in [3.63, 3.8) is 0 Å². The third kappa shape index (κ3) is 0.981. The van der Waals surface area contributed by atoms with Gasteiger partial charge in [-0.25, -0.2) is 9.55 Å². The summed E-state index contributed by atoms with van der Waals surface area (Å²) in [6.07, 6.45) is 5.95. The summed E-state index contributed by atoms with van der Waals surface area (Å²) in [5.41, 5.74) is 4.19. The van der Waals surface area contributed by atoms with E-state index >= 15 is 0 Å². The lowest BCUT2D eigenvalue weighted by atomic mass is 10.1. The molecule has 0 bridgehead atoms. The summed E-state index contributed by atoms with van der Waals surface area (Å²) in [5.74, 6) is 0. The number of nitrogens with zero attached hydrogens (tertiary/aromatic N) is 1. The van der Waals surface area contributed by atoms with Crippen LogP contribution in [0.4, 0.5) is 0 Å². The van der Waals surface area contributed by atoms with Crippen LogP contribution in [0.15, 0.2) is 24.5 Å². The minimum absolute atomic E-state index is 1.16. The van der Waals surface area contributed by atoms with E-state index in [1.807, 2.05) is 0 Å². The number of H-pyrrole nitrogens is 1. The van der Waals surface area contributed by atoms with Gasteiger partial charge in [0.15, 0.2) is 11.0 Å². The summed E-state index contributed by atoms with van der Waals surface area (Å²) in [6.45, 7) is 1.16. The zero-order chi connectivity index (χ0) is 8.67. The van der Waals surface area contributed by atoms with E-state index in [-0.39, 0.29) is 0 Å². The highest BCUT2D eigenvalue weighted by Gasteiger charge is 2.16. The molecule has 0 amide bonds. The monoisotopic (exact) mass is 173 g/mol. The first kappa shape index (κ1) is 7.13. The standard InChI is InChI=1S/C11H12N2/c1-2-7-13-8-12-10-6-3-5-9(4-1)11(10)13/h3,5-6,8H,1-2,4,7H2/p+1. The Morgan fingerprint density at radius 2 is 2.23 bits per heavy atom. The number of benzene rings is 1. The van der Waals surface area contributed by atoms with Gasteiger partial charge in [0.1, 0.15) is 0 Å². The minimum atomic E-state index is 1.16. The molecule has 1 aliphatic rings. The Balaban J connectivity index is 2.40. The van der Waals surface area contributed by atoms with Gasteiger partial charge in [0, 0.05) is 5.56 Å². The van der Waals surface area contributed by atoms with Crippen molar-refractivity contribution in [1.29, 1.82) is 0 Å². The molecule has 2 aromatic rings. The molecule has 0 radical (unpaired) electrons. The van der Waals surface area contributed by atoms with Gasteiger partial charge in [-0.1, -0.05) is 12.1 Å². The summed E-state index contributed by atoms with van der Waals surface area (Å²) < 4.78 is 2.34. The van der Waals surface area contributed by atoms with E-state index in [2.05, 4.69) is 34.1 Å². The zero-order valence-corrected chi connectivity index (χ0v) is 7.59. The average molecular weight is 173 g/mol. The summed E-state index contributed by atoms with van der Waals surface area (Å²) in [5, 5.41) is 0. The number of nitrogens with one attached hydrogen (secondary N) is 1. The molecule has 0 fully saturated rings. The van der Waals surface area contributed by atoms with Crippen LogP contribution >= 0.6 is 0 Å². The van der Waals surface area contributed by atoms with Crippen molar-refractivity contribution in [2.45, 2.75) is 25.8 Å². The van der Waals surface area contributed by atoms with Crippen molar-refractivity contribution in [2.75, 3.05) is 0 Å². The SMILES string of the molecule is c1cc2c3c(c1)[nH]c[n+]3CCCC2. The Labute approximate surface area is 77.2 Å². The first-order valence-electron chi connectivity index (χ1n) is 4.93. The number of para-hydroxylation sites is 1. The molecule has 0 aliphatic carbocycles. The van der Waals surface area contributed by atoms with Crippen molar-refractivity contribution in [3.05, 3.63) is 30.1 Å². The van der Waals surface area contributed by atoms with E-state index in [9.17, 15) is 0 Å². The van der Waals surface area contributed by atoms with Gasteiger partial charge in [0.05, 0.1) is 6.54 Å². The van der Waals surface area contributed by atoms with Crippen molar-refractivity contribution >= 4 is 11.0 Å². The molecule has 1 aromatic heterocycles. The van der Waals surface area contributed by atoms with E-state index in [1.165, 1.54) is 35.9 Å². The highest BCUT2D eigenvalue weighted by molar-refractivity contribution is 5.74. The van der Waals surface area contributed by atoms with E-state index in [0.717, 1.165) is 6.54 Å². The molecule has 0 atom stereocenters. The lowest BCUT2D eigenvalue weighted by Crippen LogP contribution is -2.31. The minimum Gasteiger partial charge on any atom is -0.243 e. The molecule has 0 spiro atoms. The van der Waals surface area contributed by atoms with E-state index < -0.39 is 0 Å². The molecule has 3 rings (SSSR count). The Kier molecular flexibility index (Phi) is 1.42. The highest BCUT2D eigenvalue weighted by atomic mass is 15.0. The second-order valence-corrected chi connectivity index (χ2v) is 3.74. The predicted molar refractivity (Wildman–Crippen MR) is 51.4 cm³/mol. The molecule has 0 saturated carbocycles. The average Bonchev–Trinajstić information content (AvgIpc) is 2.44. The maximum Gasteiger partial charge on any atom is 0.242 e. The molecule has 0 saturated heterocycles. The molecule has 13 heavy (non-hydrogen) atoms. The third-order valence-electron chi connectivity index (χ3n) is 2.88. The number of imidazole rings is 1. The second kappa shape index (κ2) is 2.59. The first-order valence-corrected chi connectivity index (χ1v) is 4.93. The van der Waals surface area contributed by atoms with Crippen LogP contribution in [-0.4, -0.2) is 4.98 Å². The van der Waals surface area contributed by atoms with Crippen molar-refractivity contribution < 1.29 is 4.57 Å². The lowest BCUT2D eigenvalue weighted by molar-refractivity contribution is -0.671. The summed E-state index contributed by atoms with van der Waals surface area (Å²) in [6, 6.07) is 6.54. The number of aromatic amines is 1. The van der Waals surface area contributed by atoms with Crippen LogP contribution < -0.4 is 4.57 Å². The van der Waals surface area contributed by atoms with Gasteiger partial charge in [0.2, 0.25) is 6.33 Å². The smallest absolute Gasteiger partial charge is 0.242 e. The Hall–Kier alpha value is -1.31. The van der Waals surface area contributed by atoms with Gasteiger partial charge in [-0.05, 0) is 25.3 Å². The largest absolute Gasteiger partial charge is 0.243 e. The normalized spacial score (nSPS) is 16.0. The van der Waals surface area contributed by atoms with Crippen LogP contribution in [0.5, 0.6) is 0 Å². The molecule has 2 heteroatoms. The molecule has 2 heterocycles. The Morgan fingerprint density at radius 3 is 3.23 bits per heavy atom. The molecule has 66 valence electrons. The predicted octanol–water partition coefficient (Wildman–Crippen LogP) is 1.79. The number of hydrogen-bond acceptors (Lipinski definition) is 0. The van der Waals surface area contributed by atoms with Gasteiger partial charge in [0.25, 0.3) is 0 Å². The van der Waals surface area contributed by atoms with Gasteiger partial charge < -0.3 is 0 Å². The fourth-order valence-corrected chi connectivity index (χ4v) is 2.23. The topological polar surface area (TPSA) is 19.7 Å². The maximum atomic E-state index is 3.31. The molecular weight excluding hydrogens is 160 g/mol. The van der Waals surface area contributed by atoms with Crippen molar-refractivity contribution in [2.24, 2.45) is 0 Å². The number of rotatable bonds is 0. The van der Waals surface area contributed by atoms with Gasteiger partial charge >= 0.3 is 0 Å². The second-order valence-electron chi connectivity index (χ2n) is 3.74. The number of aromatic nitrogens is 2. The Morgan fingerprint density at radius 1 is 1.23 bits per heavy atom. The highest BCUT2D eigenvalue weighted by Crippen LogP contribution is 2.18. The molecule has 1 aromatic carbocycles. The van der Waals surface area contributed by atoms with Crippen LogP contribution in [0.1, 0.15) is 18.4 Å². The molecule has 1 N–H and O–H groups in total. The summed E-state index contributed by atoms with van der Waals surface area (Å²) >= 11 is 0. The van der Waals surface area contributed by atoms with E-state index in [0.29, 0.717) is 0 Å². The fourth-order valence-electron chi connectivity index (χ4n) is 2.23. The van der Waals surface area contributed by atoms with Gasteiger partial charge in [-0.2, -0.15) is 0 Å². The van der Waals surface area contributed by atoms with Crippen LogP contribution in [0.25, 0.3) is 11.0 Å². The Bertz CT molecular complexity index is 442. The van der Waals surface area contributed by atoms with E-state index in [1.54, 1.807) is 0 Å².